The Labute approximate surface area is 60.6 Å². The quantitative estimate of drug-likeness (QED) is 0.587. The molecule has 1 aliphatic rings. The van der Waals surface area contributed by atoms with Crippen molar-refractivity contribution in [2.75, 3.05) is 0 Å². The highest BCUT2D eigenvalue weighted by atomic mass is 16.3. The average Bonchev–Trinajstić information content (AvgIpc) is 2.18. The minimum atomic E-state index is -0.579. The topological polar surface area (TPSA) is 37.3 Å². The monoisotopic (exact) mass is 140 g/mol. The molecule has 1 rings (SSSR count). The van der Waals surface area contributed by atoms with Gasteiger partial charge in [0.25, 0.3) is 0 Å². The Bertz CT molecular complexity index is 184. The molecule has 0 aromatic heterocycles. The molecule has 0 aromatic carbocycles. The number of hydrogen-bond acceptors (Lipinski definition) is 2. The molecule has 1 aliphatic carbocycles. The molecule has 0 heterocycles. The zero-order chi connectivity index (χ0) is 7.78. The smallest absolute Gasteiger partial charge is 0.164 e. The molecular weight excluding hydrogens is 128 g/mol. The van der Waals surface area contributed by atoms with Gasteiger partial charge in [-0.1, -0.05) is 13.0 Å². The number of carbonyl (C=O) groups is 1. The largest absolute Gasteiger partial charge is 0.388 e. The van der Waals surface area contributed by atoms with E-state index in [2.05, 4.69) is 0 Å². The minimum absolute atomic E-state index is 0.0440. The molecule has 0 amide bonds. The van der Waals surface area contributed by atoms with Crippen LogP contribution in [-0.4, -0.2) is 17.0 Å². The predicted octanol–water partition coefficient (Wildman–Crippen LogP) is 0.902. The van der Waals surface area contributed by atoms with E-state index < -0.39 is 11.5 Å². The molecule has 0 fully saturated rings. The second-order valence-electron chi connectivity index (χ2n) is 2.94. The standard InChI is InChI=1S/C8H12O2/c1-3-8(2)6(9)4-5-7(8)10/h4-6,9H,3H2,1-2H3. The number of hydrogen-bond donors (Lipinski definition) is 1. The van der Waals surface area contributed by atoms with E-state index in [1.807, 2.05) is 6.92 Å². The summed E-state index contributed by atoms with van der Waals surface area (Å²) in [6.07, 6.45) is 3.14. The van der Waals surface area contributed by atoms with Crippen molar-refractivity contribution in [3.63, 3.8) is 0 Å². The van der Waals surface area contributed by atoms with Gasteiger partial charge in [0.1, 0.15) is 0 Å². The lowest BCUT2D eigenvalue weighted by Crippen LogP contribution is -2.32. The van der Waals surface area contributed by atoms with Gasteiger partial charge in [-0.3, -0.25) is 4.79 Å². The van der Waals surface area contributed by atoms with Crippen LogP contribution in [0.4, 0.5) is 0 Å². The van der Waals surface area contributed by atoms with Crippen LogP contribution in [0.2, 0.25) is 0 Å². The van der Waals surface area contributed by atoms with E-state index in [1.54, 1.807) is 13.0 Å². The van der Waals surface area contributed by atoms with Crippen molar-refractivity contribution in [3.05, 3.63) is 12.2 Å². The maximum atomic E-state index is 11.1. The van der Waals surface area contributed by atoms with Crippen LogP contribution >= 0.6 is 0 Å². The SMILES string of the molecule is CCC1(C)C(=O)C=CC1O. The van der Waals surface area contributed by atoms with Crippen LogP contribution in [0.15, 0.2) is 12.2 Å². The first-order valence-electron chi connectivity index (χ1n) is 3.52. The average molecular weight is 140 g/mol. The van der Waals surface area contributed by atoms with Crippen LogP contribution < -0.4 is 0 Å². The lowest BCUT2D eigenvalue weighted by Gasteiger charge is -2.23. The molecule has 0 bridgehead atoms. The summed E-state index contributed by atoms with van der Waals surface area (Å²) in [4.78, 5) is 11.1. The molecule has 1 N–H and O–H groups in total. The molecular formula is C8H12O2. The summed E-state index contributed by atoms with van der Waals surface area (Å²) >= 11 is 0. The number of allylic oxidation sites excluding steroid dienone is 1. The molecule has 2 unspecified atom stereocenters. The second kappa shape index (κ2) is 2.20. The van der Waals surface area contributed by atoms with E-state index in [0.29, 0.717) is 6.42 Å². The fourth-order valence-corrected chi connectivity index (χ4v) is 1.11. The van der Waals surface area contributed by atoms with E-state index in [9.17, 15) is 9.90 Å². The molecule has 0 saturated heterocycles. The molecule has 0 spiro atoms. The van der Waals surface area contributed by atoms with Gasteiger partial charge in [0, 0.05) is 0 Å². The highest BCUT2D eigenvalue weighted by Gasteiger charge is 2.39. The number of rotatable bonds is 1. The van der Waals surface area contributed by atoms with Crippen molar-refractivity contribution in [1.82, 2.24) is 0 Å². The maximum Gasteiger partial charge on any atom is 0.164 e. The van der Waals surface area contributed by atoms with Crippen molar-refractivity contribution in [2.24, 2.45) is 5.41 Å². The summed E-state index contributed by atoms with van der Waals surface area (Å²) in [6, 6.07) is 0. The first-order valence-corrected chi connectivity index (χ1v) is 3.52. The maximum absolute atomic E-state index is 11.1. The van der Waals surface area contributed by atoms with Crippen LogP contribution in [0, 0.1) is 5.41 Å². The highest BCUT2D eigenvalue weighted by Crippen LogP contribution is 2.32. The lowest BCUT2D eigenvalue weighted by atomic mass is 9.82. The van der Waals surface area contributed by atoms with Gasteiger partial charge < -0.3 is 5.11 Å². The van der Waals surface area contributed by atoms with E-state index in [4.69, 9.17) is 0 Å². The number of ketones is 1. The molecule has 0 radical (unpaired) electrons. The van der Waals surface area contributed by atoms with Crippen molar-refractivity contribution in [2.45, 2.75) is 26.4 Å². The minimum Gasteiger partial charge on any atom is -0.388 e. The van der Waals surface area contributed by atoms with E-state index in [1.165, 1.54) is 6.08 Å². The summed E-state index contributed by atoms with van der Waals surface area (Å²) in [5.41, 5.74) is -0.542. The molecule has 2 heteroatoms. The van der Waals surface area contributed by atoms with Crippen molar-refractivity contribution < 1.29 is 9.90 Å². The summed E-state index contributed by atoms with van der Waals surface area (Å²) in [5.74, 6) is 0.0440. The van der Waals surface area contributed by atoms with Gasteiger partial charge >= 0.3 is 0 Å². The summed E-state index contributed by atoms with van der Waals surface area (Å²) < 4.78 is 0. The van der Waals surface area contributed by atoms with Crippen LogP contribution in [0.25, 0.3) is 0 Å². The van der Waals surface area contributed by atoms with Crippen molar-refractivity contribution in [1.29, 1.82) is 0 Å². The van der Waals surface area contributed by atoms with Crippen LogP contribution in [0.1, 0.15) is 20.3 Å². The lowest BCUT2D eigenvalue weighted by molar-refractivity contribution is -0.125. The molecule has 2 nitrogen and oxygen atoms in total. The zero-order valence-corrected chi connectivity index (χ0v) is 6.29. The third-order valence-corrected chi connectivity index (χ3v) is 2.38. The number of carbonyl (C=O) groups excluding carboxylic acids is 1. The third kappa shape index (κ3) is 0.797. The second-order valence-corrected chi connectivity index (χ2v) is 2.94. The zero-order valence-electron chi connectivity index (χ0n) is 6.29. The molecule has 0 saturated carbocycles. The molecule has 0 aliphatic heterocycles. The molecule has 10 heavy (non-hydrogen) atoms. The fourth-order valence-electron chi connectivity index (χ4n) is 1.11. The van der Waals surface area contributed by atoms with Gasteiger partial charge in [-0.2, -0.15) is 0 Å². The predicted molar refractivity (Wildman–Crippen MR) is 38.6 cm³/mol. The van der Waals surface area contributed by atoms with Gasteiger partial charge in [-0.05, 0) is 19.4 Å². The fraction of sp³-hybridized carbons (Fsp3) is 0.625. The third-order valence-electron chi connectivity index (χ3n) is 2.38. The Morgan fingerprint density at radius 1 is 1.80 bits per heavy atom. The van der Waals surface area contributed by atoms with Crippen LogP contribution in [0.5, 0.6) is 0 Å². The first kappa shape index (κ1) is 7.48. The highest BCUT2D eigenvalue weighted by molar-refractivity contribution is 5.97. The van der Waals surface area contributed by atoms with Crippen LogP contribution in [-0.2, 0) is 4.79 Å². The Balaban J connectivity index is 2.87. The number of aliphatic hydroxyl groups excluding tert-OH is 1. The van der Waals surface area contributed by atoms with Crippen molar-refractivity contribution >= 4 is 5.78 Å². The van der Waals surface area contributed by atoms with Gasteiger partial charge in [0.05, 0.1) is 11.5 Å². The van der Waals surface area contributed by atoms with E-state index in [-0.39, 0.29) is 5.78 Å². The molecule has 2 atom stereocenters. The van der Waals surface area contributed by atoms with Crippen molar-refractivity contribution in [3.8, 4) is 0 Å². The van der Waals surface area contributed by atoms with Gasteiger partial charge in [0.2, 0.25) is 0 Å². The van der Waals surface area contributed by atoms with Gasteiger partial charge in [-0.15, -0.1) is 0 Å². The van der Waals surface area contributed by atoms with Crippen LogP contribution in [0.3, 0.4) is 0 Å². The van der Waals surface area contributed by atoms with Gasteiger partial charge in [-0.25, -0.2) is 0 Å². The Morgan fingerprint density at radius 2 is 2.40 bits per heavy atom. The summed E-state index contributed by atoms with van der Waals surface area (Å²) in [5, 5.41) is 9.31. The molecule has 0 aromatic rings. The normalized spacial score (nSPS) is 39.1. The Kier molecular flexibility index (Phi) is 1.65. The van der Waals surface area contributed by atoms with E-state index in [0.717, 1.165) is 0 Å². The Morgan fingerprint density at radius 3 is 2.60 bits per heavy atom. The Hall–Kier alpha value is -0.630. The first-order chi connectivity index (χ1) is 4.61. The van der Waals surface area contributed by atoms with E-state index >= 15 is 0 Å². The summed E-state index contributed by atoms with van der Waals surface area (Å²) in [6.45, 7) is 3.70. The van der Waals surface area contributed by atoms with Gasteiger partial charge in [0.15, 0.2) is 5.78 Å². The number of aliphatic hydroxyl groups is 1. The molecule has 56 valence electrons. The summed E-state index contributed by atoms with van der Waals surface area (Å²) in [7, 11) is 0.